The Kier molecular flexibility index (Phi) is 3.11. The highest BCUT2D eigenvalue weighted by Crippen LogP contribution is 2.20. The summed E-state index contributed by atoms with van der Waals surface area (Å²) < 4.78 is 16.0. The van der Waals surface area contributed by atoms with Crippen LogP contribution in [0.15, 0.2) is 47.5 Å². The lowest BCUT2D eigenvalue weighted by molar-refractivity contribution is 0.626. The summed E-state index contributed by atoms with van der Waals surface area (Å²) >= 11 is 3.40. The quantitative estimate of drug-likeness (QED) is 0.694. The molecule has 1 aromatic carbocycles. The molecule has 0 amide bonds. The zero-order valence-electron chi connectivity index (χ0n) is 10.4. The van der Waals surface area contributed by atoms with E-state index in [1.54, 1.807) is 12.1 Å². The topological polar surface area (TPSA) is 17.3 Å². The van der Waals surface area contributed by atoms with E-state index in [0.29, 0.717) is 0 Å². The van der Waals surface area contributed by atoms with E-state index >= 15 is 0 Å². The zero-order valence-corrected chi connectivity index (χ0v) is 12.0. The Balaban J connectivity index is 2.03. The molecule has 19 heavy (non-hydrogen) atoms. The third-order valence-corrected chi connectivity index (χ3v) is 3.80. The van der Waals surface area contributed by atoms with E-state index in [2.05, 4.69) is 33.9 Å². The van der Waals surface area contributed by atoms with Gasteiger partial charge in [-0.05, 0) is 64.2 Å². The van der Waals surface area contributed by atoms with Crippen LogP contribution in [0.3, 0.4) is 0 Å². The highest BCUT2D eigenvalue weighted by Gasteiger charge is 2.06. The minimum atomic E-state index is -0.191. The number of aromatic nitrogens is 2. The Hall–Kier alpha value is -1.68. The fourth-order valence-electron chi connectivity index (χ4n) is 2.21. The van der Waals surface area contributed by atoms with Crippen molar-refractivity contribution in [2.24, 2.45) is 0 Å². The number of benzene rings is 1. The van der Waals surface area contributed by atoms with Crippen molar-refractivity contribution in [2.75, 3.05) is 0 Å². The van der Waals surface area contributed by atoms with Gasteiger partial charge >= 0.3 is 0 Å². The van der Waals surface area contributed by atoms with Crippen LogP contribution in [0.1, 0.15) is 16.7 Å². The second-order valence-electron chi connectivity index (χ2n) is 4.61. The average Bonchev–Trinajstić information content (AvgIpc) is 2.71. The van der Waals surface area contributed by atoms with E-state index in [0.717, 1.165) is 27.8 Å². The number of imidazole rings is 1. The van der Waals surface area contributed by atoms with Crippen LogP contribution >= 0.6 is 15.9 Å². The lowest BCUT2D eigenvalue weighted by Crippen LogP contribution is -1.96. The van der Waals surface area contributed by atoms with Gasteiger partial charge in [0.25, 0.3) is 0 Å². The van der Waals surface area contributed by atoms with E-state index in [1.165, 1.54) is 11.6 Å². The normalized spacial score (nSPS) is 11.1. The van der Waals surface area contributed by atoms with Gasteiger partial charge in [0.1, 0.15) is 5.82 Å². The van der Waals surface area contributed by atoms with Crippen molar-refractivity contribution in [3.63, 3.8) is 0 Å². The van der Waals surface area contributed by atoms with Crippen molar-refractivity contribution < 1.29 is 4.39 Å². The third-order valence-electron chi connectivity index (χ3n) is 3.22. The molecule has 96 valence electrons. The number of hydrogen-bond donors (Lipinski definition) is 0. The Morgan fingerprint density at radius 1 is 1.32 bits per heavy atom. The van der Waals surface area contributed by atoms with Crippen LogP contribution < -0.4 is 0 Å². The van der Waals surface area contributed by atoms with Crippen molar-refractivity contribution in [2.45, 2.75) is 13.3 Å². The first-order valence-corrected chi connectivity index (χ1v) is 6.79. The molecule has 0 fully saturated rings. The molecule has 0 saturated carbocycles. The first-order chi connectivity index (χ1) is 9.13. The molecule has 3 aromatic rings. The molecule has 0 atom stereocenters. The van der Waals surface area contributed by atoms with Gasteiger partial charge in [-0.25, -0.2) is 9.37 Å². The highest BCUT2D eigenvalue weighted by molar-refractivity contribution is 9.10. The smallest absolute Gasteiger partial charge is 0.181 e. The summed E-state index contributed by atoms with van der Waals surface area (Å²) in [6.07, 6.45) is 4.59. The second-order valence-corrected chi connectivity index (χ2v) is 5.32. The van der Waals surface area contributed by atoms with Crippen LogP contribution in [0.5, 0.6) is 0 Å². The van der Waals surface area contributed by atoms with Crippen LogP contribution in [0, 0.1) is 12.7 Å². The van der Waals surface area contributed by atoms with Crippen molar-refractivity contribution in [1.29, 1.82) is 0 Å². The number of fused-ring (bicyclic) bond motifs is 1. The summed E-state index contributed by atoms with van der Waals surface area (Å²) in [5.41, 5.74) is 4.36. The molecule has 0 aliphatic heterocycles. The van der Waals surface area contributed by atoms with Gasteiger partial charge in [0.2, 0.25) is 0 Å². The fourth-order valence-corrected chi connectivity index (χ4v) is 2.62. The van der Waals surface area contributed by atoms with Gasteiger partial charge in [-0.3, -0.25) is 4.40 Å². The largest absolute Gasteiger partial charge is 0.294 e. The Labute approximate surface area is 119 Å². The molecular weight excluding hydrogens is 307 g/mol. The minimum absolute atomic E-state index is 0.191. The van der Waals surface area contributed by atoms with Crippen LogP contribution in [0.4, 0.5) is 4.39 Å². The third kappa shape index (κ3) is 2.40. The molecule has 2 aromatic heterocycles. The molecule has 0 aliphatic rings. The molecule has 0 N–H and O–H groups in total. The summed E-state index contributed by atoms with van der Waals surface area (Å²) in [5, 5.41) is 0. The average molecular weight is 319 g/mol. The van der Waals surface area contributed by atoms with Gasteiger partial charge in [0, 0.05) is 6.20 Å². The SMILES string of the molecule is Cc1cn2c(Br)ncc2cc1Cc1cccc(F)c1. The van der Waals surface area contributed by atoms with E-state index in [4.69, 9.17) is 0 Å². The molecule has 4 heteroatoms. The first-order valence-electron chi connectivity index (χ1n) is 6.00. The molecule has 3 rings (SSSR count). The van der Waals surface area contributed by atoms with E-state index in [1.807, 2.05) is 22.9 Å². The van der Waals surface area contributed by atoms with Crippen LogP contribution in [0.2, 0.25) is 0 Å². The summed E-state index contributed by atoms with van der Waals surface area (Å²) in [7, 11) is 0. The highest BCUT2D eigenvalue weighted by atomic mass is 79.9. The summed E-state index contributed by atoms with van der Waals surface area (Å²) in [4.78, 5) is 4.22. The lowest BCUT2D eigenvalue weighted by atomic mass is 10.0. The first kappa shape index (κ1) is 12.4. The molecule has 2 heterocycles. The number of rotatable bonds is 2. The van der Waals surface area contributed by atoms with Crippen molar-refractivity contribution in [1.82, 2.24) is 9.38 Å². The molecular formula is C15H12BrFN2. The molecule has 0 spiro atoms. The van der Waals surface area contributed by atoms with Gasteiger partial charge in [0.15, 0.2) is 4.73 Å². The Morgan fingerprint density at radius 3 is 2.95 bits per heavy atom. The van der Waals surface area contributed by atoms with Crippen LogP contribution in [-0.4, -0.2) is 9.38 Å². The molecule has 0 radical (unpaired) electrons. The predicted molar refractivity (Wildman–Crippen MR) is 76.8 cm³/mol. The summed E-state index contributed by atoms with van der Waals surface area (Å²) in [5.74, 6) is -0.191. The molecule has 2 nitrogen and oxygen atoms in total. The van der Waals surface area contributed by atoms with Gasteiger partial charge in [-0.15, -0.1) is 0 Å². The number of pyridine rings is 1. The monoisotopic (exact) mass is 318 g/mol. The van der Waals surface area contributed by atoms with E-state index < -0.39 is 0 Å². The number of aryl methyl sites for hydroxylation is 1. The maximum Gasteiger partial charge on any atom is 0.181 e. The summed E-state index contributed by atoms with van der Waals surface area (Å²) in [6.45, 7) is 2.06. The molecule has 0 saturated heterocycles. The van der Waals surface area contributed by atoms with Crippen molar-refractivity contribution >= 4 is 21.4 Å². The summed E-state index contributed by atoms with van der Waals surface area (Å²) in [6, 6.07) is 8.83. The van der Waals surface area contributed by atoms with Crippen LogP contribution in [-0.2, 0) is 6.42 Å². The fraction of sp³-hybridized carbons (Fsp3) is 0.133. The van der Waals surface area contributed by atoms with Gasteiger partial charge < -0.3 is 0 Å². The van der Waals surface area contributed by atoms with Crippen molar-refractivity contribution in [3.05, 3.63) is 70.0 Å². The van der Waals surface area contributed by atoms with Gasteiger partial charge in [0.05, 0.1) is 11.7 Å². The standard InChI is InChI=1S/C15H12BrFN2/c1-10-9-19-14(8-18-15(19)16)7-12(10)5-11-3-2-4-13(17)6-11/h2-4,6-9H,5H2,1H3. The number of nitrogens with zero attached hydrogens (tertiary/aromatic N) is 2. The Bertz CT molecular complexity index is 749. The van der Waals surface area contributed by atoms with Gasteiger partial charge in [-0.1, -0.05) is 12.1 Å². The lowest BCUT2D eigenvalue weighted by Gasteiger charge is -2.08. The maximum atomic E-state index is 13.2. The van der Waals surface area contributed by atoms with E-state index in [-0.39, 0.29) is 5.82 Å². The second kappa shape index (κ2) is 4.78. The van der Waals surface area contributed by atoms with Gasteiger partial charge in [-0.2, -0.15) is 0 Å². The maximum absolute atomic E-state index is 13.2. The van der Waals surface area contributed by atoms with Crippen molar-refractivity contribution in [3.8, 4) is 0 Å². The molecule has 0 bridgehead atoms. The van der Waals surface area contributed by atoms with E-state index in [9.17, 15) is 4.39 Å². The Morgan fingerprint density at radius 2 is 2.16 bits per heavy atom. The molecule has 0 unspecified atom stereocenters. The number of hydrogen-bond acceptors (Lipinski definition) is 1. The predicted octanol–water partition coefficient (Wildman–Crippen LogP) is 4.14. The number of halogens is 2. The molecule has 0 aliphatic carbocycles. The zero-order chi connectivity index (χ0) is 13.4. The minimum Gasteiger partial charge on any atom is -0.294 e. The van der Waals surface area contributed by atoms with Crippen LogP contribution in [0.25, 0.3) is 5.52 Å².